The molecule has 4 N–H and O–H groups in total. The summed E-state index contributed by atoms with van der Waals surface area (Å²) < 4.78 is 1.60. The normalized spacial score (nSPS) is 29.7. The van der Waals surface area contributed by atoms with Crippen molar-refractivity contribution in [2.75, 3.05) is 11.9 Å². The van der Waals surface area contributed by atoms with Gasteiger partial charge in [-0.1, -0.05) is 0 Å². The number of nitrogens with one attached hydrogen (secondary N) is 1. The predicted molar refractivity (Wildman–Crippen MR) is 77.2 cm³/mol. The van der Waals surface area contributed by atoms with Gasteiger partial charge in [-0.25, -0.2) is 4.52 Å². The van der Waals surface area contributed by atoms with Crippen LogP contribution >= 0.6 is 11.6 Å². The first kappa shape index (κ1) is 14.5. The van der Waals surface area contributed by atoms with Crippen molar-refractivity contribution in [2.45, 2.75) is 31.1 Å². The van der Waals surface area contributed by atoms with Crippen molar-refractivity contribution in [1.82, 2.24) is 14.6 Å². The molecule has 1 aliphatic carbocycles. The van der Waals surface area contributed by atoms with Gasteiger partial charge in [-0.2, -0.15) is 4.98 Å². The molecule has 0 radical (unpaired) electrons. The first-order valence-corrected chi connectivity index (χ1v) is 7.22. The minimum Gasteiger partial charge on any atom is -0.396 e. The molecule has 0 bridgehead atoms. The summed E-state index contributed by atoms with van der Waals surface area (Å²) in [5, 5.41) is 36.6. The lowest BCUT2D eigenvalue weighted by molar-refractivity contribution is -0.0644. The average Bonchev–Trinajstić information content (AvgIpc) is 2.92. The molecule has 2 aromatic rings. The van der Waals surface area contributed by atoms with Crippen LogP contribution in [-0.4, -0.2) is 54.8 Å². The number of halogens is 1. The molecule has 1 fully saturated rings. The van der Waals surface area contributed by atoms with Crippen molar-refractivity contribution in [3.8, 4) is 0 Å². The van der Waals surface area contributed by atoms with Crippen LogP contribution in [0.4, 0.5) is 5.82 Å². The Balaban J connectivity index is 1.84. The molecule has 0 spiro atoms. The second-order valence-corrected chi connectivity index (χ2v) is 5.66. The number of hydrogen-bond donors (Lipinski definition) is 4. The van der Waals surface area contributed by atoms with E-state index in [1.807, 2.05) is 12.1 Å². The Bertz CT molecular complexity index is 635. The fraction of sp³-hybridized carbons (Fsp3) is 0.538. The molecule has 2 aromatic heterocycles. The van der Waals surface area contributed by atoms with Crippen molar-refractivity contribution >= 4 is 22.9 Å². The Morgan fingerprint density at radius 1 is 1.33 bits per heavy atom. The van der Waals surface area contributed by atoms with E-state index in [1.54, 1.807) is 10.7 Å². The van der Waals surface area contributed by atoms with E-state index in [9.17, 15) is 15.3 Å². The lowest BCUT2D eigenvalue weighted by Crippen LogP contribution is -2.50. The number of hydrogen-bond acceptors (Lipinski definition) is 6. The van der Waals surface area contributed by atoms with Crippen LogP contribution in [0.2, 0.25) is 5.28 Å². The molecule has 1 unspecified atom stereocenters. The highest BCUT2D eigenvalue weighted by Crippen LogP contribution is 2.28. The van der Waals surface area contributed by atoms with Crippen molar-refractivity contribution in [3.05, 3.63) is 23.6 Å². The van der Waals surface area contributed by atoms with Crippen LogP contribution in [0.25, 0.3) is 5.52 Å². The van der Waals surface area contributed by atoms with Gasteiger partial charge in [-0.3, -0.25) is 0 Å². The summed E-state index contributed by atoms with van der Waals surface area (Å²) in [6, 6.07) is 3.30. The summed E-state index contributed by atoms with van der Waals surface area (Å²) in [4.78, 5) is 4.15. The molecule has 1 saturated carbocycles. The van der Waals surface area contributed by atoms with E-state index < -0.39 is 12.2 Å². The Morgan fingerprint density at radius 2 is 2.14 bits per heavy atom. The first-order valence-electron chi connectivity index (χ1n) is 6.84. The van der Waals surface area contributed by atoms with Crippen LogP contribution in [0, 0.1) is 5.92 Å². The molecule has 0 aromatic carbocycles. The van der Waals surface area contributed by atoms with Crippen LogP contribution in [0.1, 0.15) is 12.8 Å². The zero-order chi connectivity index (χ0) is 15.0. The van der Waals surface area contributed by atoms with Crippen LogP contribution in [-0.2, 0) is 0 Å². The van der Waals surface area contributed by atoms with Crippen molar-refractivity contribution in [3.63, 3.8) is 0 Å². The fourth-order valence-electron chi connectivity index (χ4n) is 2.80. The molecule has 1 aliphatic rings. The van der Waals surface area contributed by atoms with Crippen molar-refractivity contribution < 1.29 is 15.3 Å². The highest BCUT2D eigenvalue weighted by atomic mass is 35.5. The highest BCUT2D eigenvalue weighted by molar-refractivity contribution is 6.28. The molecular weight excluding hydrogens is 296 g/mol. The summed E-state index contributed by atoms with van der Waals surface area (Å²) in [5.41, 5.74) is 0.741. The molecule has 7 nitrogen and oxygen atoms in total. The Kier molecular flexibility index (Phi) is 3.99. The SMILES string of the molecule is OC[C@H]1CC[C@H](Nc2nc(Cl)nn3cccc23)C(O)[C@H]1O. The maximum Gasteiger partial charge on any atom is 0.243 e. The van der Waals surface area contributed by atoms with Gasteiger partial charge < -0.3 is 20.6 Å². The number of aromatic nitrogens is 3. The summed E-state index contributed by atoms with van der Waals surface area (Å²) in [7, 11) is 0. The summed E-state index contributed by atoms with van der Waals surface area (Å²) in [6.07, 6.45) is 1.07. The summed E-state index contributed by atoms with van der Waals surface area (Å²) in [5.74, 6) is 0.221. The van der Waals surface area contributed by atoms with E-state index in [4.69, 9.17) is 11.6 Å². The van der Waals surface area contributed by atoms with E-state index in [0.29, 0.717) is 18.7 Å². The van der Waals surface area contributed by atoms with Crippen LogP contribution in [0.3, 0.4) is 0 Å². The molecule has 0 aliphatic heterocycles. The molecule has 114 valence electrons. The van der Waals surface area contributed by atoms with E-state index in [2.05, 4.69) is 15.4 Å². The standard InChI is InChI=1S/C13H17ClN4O3/c14-13-16-12(9-2-1-5-18(9)17-13)15-8-4-3-7(6-19)10(20)11(8)21/h1-2,5,7-8,10-11,19-21H,3-4,6H2,(H,15,16,17)/t7-,8+,10+,11?/m1/s1. The number of aliphatic hydroxyl groups excluding tert-OH is 3. The molecule has 8 heteroatoms. The number of aliphatic hydroxyl groups is 3. The molecule has 0 saturated heterocycles. The smallest absolute Gasteiger partial charge is 0.243 e. The molecule has 4 atom stereocenters. The third-order valence-corrected chi connectivity index (χ3v) is 4.18. The van der Waals surface area contributed by atoms with Gasteiger partial charge >= 0.3 is 0 Å². The highest BCUT2D eigenvalue weighted by Gasteiger charge is 2.37. The quantitative estimate of drug-likeness (QED) is 0.649. The first-order chi connectivity index (χ1) is 10.1. The monoisotopic (exact) mass is 312 g/mol. The predicted octanol–water partition coefficient (Wildman–Crippen LogP) is 0.287. The Labute approximate surface area is 126 Å². The minimum atomic E-state index is -0.973. The van der Waals surface area contributed by atoms with Crippen LogP contribution in [0.15, 0.2) is 18.3 Å². The largest absolute Gasteiger partial charge is 0.396 e. The molecular formula is C13H17ClN4O3. The lowest BCUT2D eigenvalue weighted by Gasteiger charge is -2.37. The van der Waals surface area contributed by atoms with Gasteiger partial charge in [0.2, 0.25) is 5.28 Å². The average molecular weight is 313 g/mol. The molecule has 3 rings (SSSR count). The Morgan fingerprint density at radius 3 is 2.90 bits per heavy atom. The van der Waals surface area contributed by atoms with Crippen molar-refractivity contribution in [2.24, 2.45) is 5.92 Å². The third kappa shape index (κ3) is 2.69. The zero-order valence-corrected chi connectivity index (χ0v) is 12.0. The Hall–Kier alpha value is -1.41. The summed E-state index contributed by atoms with van der Waals surface area (Å²) >= 11 is 5.88. The van der Waals surface area contributed by atoms with Gasteiger partial charge in [0, 0.05) is 18.7 Å². The zero-order valence-electron chi connectivity index (χ0n) is 11.2. The van der Waals surface area contributed by atoms with Gasteiger partial charge in [0.15, 0.2) is 5.82 Å². The maximum absolute atomic E-state index is 10.2. The third-order valence-electron chi connectivity index (χ3n) is 4.02. The number of nitrogens with zero attached hydrogens (tertiary/aromatic N) is 3. The van der Waals surface area contributed by atoms with E-state index >= 15 is 0 Å². The lowest BCUT2D eigenvalue weighted by atomic mass is 9.82. The number of rotatable bonds is 3. The van der Waals surface area contributed by atoms with Gasteiger partial charge in [0.1, 0.15) is 11.6 Å². The summed E-state index contributed by atoms with van der Waals surface area (Å²) in [6.45, 7) is -0.132. The number of anilines is 1. The van der Waals surface area contributed by atoms with Crippen molar-refractivity contribution in [1.29, 1.82) is 0 Å². The van der Waals surface area contributed by atoms with E-state index in [1.165, 1.54) is 0 Å². The van der Waals surface area contributed by atoms with Gasteiger partial charge in [0.25, 0.3) is 0 Å². The van der Waals surface area contributed by atoms with E-state index in [-0.39, 0.29) is 23.9 Å². The topological polar surface area (TPSA) is 103 Å². The fourth-order valence-corrected chi connectivity index (χ4v) is 2.96. The van der Waals surface area contributed by atoms with Gasteiger partial charge in [-0.15, -0.1) is 5.10 Å². The molecule has 21 heavy (non-hydrogen) atoms. The maximum atomic E-state index is 10.2. The van der Waals surface area contributed by atoms with E-state index in [0.717, 1.165) is 5.52 Å². The second kappa shape index (κ2) is 5.76. The number of fused-ring (bicyclic) bond motifs is 1. The molecule has 0 amide bonds. The second-order valence-electron chi connectivity index (χ2n) is 5.32. The van der Waals surface area contributed by atoms with Crippen LogP contribution < -0.4 is 5.32 Å². The molecule has 2 heterocycles. The van der Waals surface area contributed by atoms with Gasteiger partial charge in [-0.05, 0) is 36.6 Å². The van der Waals surface area contributed by atoms with Crippen LogP contribution in [0.5, 0.6) is 0 Å². The van der Waals surface area contributed by atoms with Gasteiger partial charge in [0.05, 0.1) is 12.1 Å². The minimum absolute atomic E-state index is 0.0975.